The molecule has 34 heavy (non-hydrogen) atoms. The number of methoxy groups -OCH3 is 1. The highest BCUT2D eigenvalue weighted by atomic mass is 35.5. The van der Waals surface area contributed by atoms with Gasteiger partial charge >= 0.3 is 5.97 Å². The maximum absolute atomic E-state index is 11.8. The molecule has 1 heterocycles. The Labute approximate surface area is 201 Å². The van der Waals surface area contributed by atoms with Crippen molar-refractivity contribution in [1.29, 1.82) is 0 Å². The lowest BCUT2D eigenvalue weighted by Crippen LogP contribution is -2.12. The average Bonchev–Trinajstić information content (AvgIpc) is 2.76. The smallest absolute Gasteiger partial charge is 0.341 e. The summed E-state index contributed by atoms with van der Waals surface area (Å²) >= 11 is 6.27. The first kappa shape index (κ1) is 24.9. The Hall–Kier alpha value is -3.77. The summed E-state index contributed by atoms with van der Waals surface area (Å²) in [5, 5.41) is 15.1. The number of rotatable bonds is 10. The average molecular weight is 508 g/mol. The molecular weight excluding hydrogens is 486 g/mol. The van der Waals surface area contributed by atoms with Gasteiger partial charge in [-0.15, -0.1) is 0 Å². The van der Waals surface area contributed by atoms with Crippen LogP contribution in [0.25, 0.3) is 0 Å². The summed E-state index contributed by atoms with van der Waals surface area (Å²) in [7, 11) is -2.10. The number of carbonyl (C=O) groups is 1. The molecule has 3 rings (SSSR count). The van der Waals surface area contributed by atoms with Gasteiger partial charge in [-0.3, -0.25) is 4.72 Å². The van der Waals surface area contributed by atoms with Crippen molar-refractivity contribution in [1.82, 2.24) is 9.97 Å². The molecule has 4 N–H and O–H groups in total. The van der Waals surface area contributed by atoms with Crippen LogP contribution < -0.4 is 24.8 Å². The Bertz CT molecular complexity index is 1320. The van der Waals surface area contributed by atoms with Crippen molar-refractivity contribution in [2.45, 2.75) is 6.92 Å². The Kier molecular flexibility index (Phi) is 7.64. The van der Waals surface area contributed by atoms with E-state index in [0.717, 1.165) is 6.26 Å². The van der Waals surface area contributed by atoms with Crippen molar-refractivity contribution in [3.8, 4) is 11.5 Å². The van der Waals surface area contributed by atoms with Gasteiger partial charge in [-0.2, -0.15) is 4.98 Å². The minimum Gasteiger partial charge on any atom is -0.497 e. The van der Waals surface area contributed by atoms with Gasteiger partial charge in [0.15, 0.2) is 12.4 Å². The lowest BCUT2D eigenvalue weighted by atomic mass is 10.2. The van der Waals surface area contributed by atoms with E-state index in [1.807, 2.05) is 0 Å². The van der Waals surface area contributed by atoms with Crippen LogP contribution in [-0.4, -0.2) is 49.4 Å². The van der Waals surface area contributed by atoms with Crippen molar-refractivity contribution < 1.29 is 27.8 Å². The molecule has 3 aromatic rings. The normalized spacial score (nSPS) is 10.9. The molecule has 180 valence electrons. The van der Waals surface area contributed by atoms with Crippen LogP contribution in [0.5, 0.6) is 11.5 Å². The van der Waals surface area contributed by atoms with Gasteiger partial charge in [0.2, 0.25) is 16.0 Å². The first-order valence-electron chi connectivity index (χ1n) is 9.72. The summed E-state index contributed by atoms with van der Waals surface area (Å²) in [5.74, 6) is 0.175. The molecule has 0 fully saturated rings. The summed E-state index contributed by atoms with van der Waals surface area (Å²) < 4.78 is 36.5. The van der Waals surface area contributed by atoms with E-state index in [1.54, 1.807) is 37.3 Å². The number of hydrogen-bond acceptors (Lipinski definition) is 9. The van der Waals surface area contributed by atoms with Gasteiger partial charge in [0.05, 0.1) is 30.9 Å². The van der Waals surface area contributed by atoms with Crippen LogP contribution in [0.15, 0.2) is 42.6 Å². The third kappa shape index (κ3) is 6.62. The van der Waals surface area contributed by atoms with E-state index in [2.05, 4.69) is 25.3 Å². The summed E-state index contributed by atoms with van der Waals surface area (Å²) in [5.41, 5.74) is 1.88. The molecule has 0 aliphatic carbocycles. The van der Waals surface area contributed by atoms with E-state index in [0.29, 0.717) is 28.4 Å². The number of carboxylic acid groups (broad SMARTS) is 1. The number of carboxylic acids is 1. The number of aliphatic carboxylic acids is 1. The molecular formula is C21H22ClN5O6S. The monoisotopic (exact) mass is 507 g/mol. The molecule has 0 aliphatic rings. The van der Waals surface area contributed by atoms with Crippen LogP contribution in [0.2, 0.25) is 5.02 Å². The Morgan fingerprint density at radius 1 is 1.15 bits per heavy atom. The number of benzene rings is 2. The quantitative estimate of drug-likeness (QED) is 0.319. The van der Waals surface area contributed by atoms with Crippen LogP contribution in [0.4, 0.5) is 28.8 Å². The summed E-state index contributed by atoms with van der Waals surface area (Å²) in [6.45, 7) is 1.29. The molecule has 0 amide bonds. The lowest BCUT2D eigenvalue weighted by molar-refractivity contribution is -0.139. The summed E-state index contributed by atoms with van der Waals surface area (Å²) in [6, 6.07) is 9.89. The van der Waals surface area contributed by atoms with E-state index in [9.17, 15) is 13.2 Å². The molecule has 0 aliphatic heterocycles. The molecule has 0 spiro atoms. The fourth-order valence-electron chi connectivity index (χ4n) is 2.85. The SMILES string of the molecule is COc1ccc(Nc2nc(Nc3cccc(OCC(=O)O)c3C)ncc2Cl)c(NS(C)(=O)=O)c1. The Morgan fingerprint density at radius 2 is 1.91 bits per heavy atom. The van der Waals surface area contributed by atoms with Crippen molar-refractivity contribution in [3.63, 3.8) is 0 Å². The fourth-order valence-corrected chi connectivity index (χ4v) is 3.56. The minimum atomic E-state index is -3.57. The molecule has 0 atom stereocenters. The van der Waals surface area contributed by atoms with E-state index >= 15 is 0 Å². The van der Waals surface area contributed by atoms with E-state index in [1.165, 1.54) is 19.4 Å². The Morgan fingerprint density at radius 3 is 2.59 bits per heavy atom. The highest BCUT2D eigenvalue weighted by molar-refractivity contribution is 7.92. The van der Waals surface area contributed by atoms with Crippen LogP contribution in [0.3, 0.4) is 0 Å². The Balaban J connectivity index is 1.89. The van der Waals surface area contributed by atoms with E-state index in [-0.39, 0.29) is 22.5 Å². The van der Waals surface area contributed by atoms with Gasteiger partial charge in [0.25, 0.3) is 0 Å². The zero-order valence-corrected chi connectivity index (χ0v) is 20.0. The number of aromatic nitrogens is 2. The molecule has 1 aromatic heterocycles. The second-order valence-corrected chi connectivity index (χ2v) is 9.19. The zero-order valence-electron chi connectivity index (χ0n) is 18.4. The van der Waals surface area contributed by atoms with Gasteiger partial charge in [-0.25, -0.2) is 18.2 Å². The number of hydrogen-bond donors (Lipinski definition) is 4. The zero-order chi connectivity index (χ0) is 24.9. The number of anilines is 5. The number of nitrogens with zero attached hydrogens (tertiary/aromatic N) is 2. The molecule has 2 aromatic carbocycles. The van der Waals surface area contributed by atoms with Gasteiger partial charge in [0.1, 0.15) is 16.5 Å². The highest BCUT2D eigenvalue weighted by Crippen LogP contribution is 2.33. The fraction of sp³-hybridized carbons (Fsp3) is 0.190. The van der Waals surface area contributed by atoms with Crippen molar-refractivity contribution in [2.75, 3.05) is 35.3 Å². The van der Waals surface area contributed by atoms with Gasteiger partial charge in [0, 0.05) is 17.3 Å². The predicted molar refractivity (Wildman–Crippen MR) is 129 cm³/mol. The second-order valence-electron chi connectivity index (χ2n) is 7.04. The number of halogens is 1. The standard InChI is InChI=1S/C21H22ClN5O6S/c1-12-15(5-4-6-18(12)33-11-19(28)29)25-21-23-10-14(22)20(26-21)24-16-8-7-13(32-2)9-17(16)27-34(3,30)31/h4-10,27H,11H2,1-3H3,(H,28,29)(H2,23,24,25,26). The highest BCUT2D eigenvalue weighted by Gasteiger charge is 2.14. The molecule has 0 bridgehead atoms. The first-order chi connectivity index (χ1) is 16.1. The van der Waals surface area contributed by atoms with Crippen LogP contribution in [-0.2, 0) is 14.8 Å². The minimum absolute atomic E-state index is 0.191. The van der Waals surface area contributed by atoms with Gasteiger partial charge in [-0.1, -0.05) is 17.7 Å². The third-order valence-corrected chi connectivity index (χ3v) is 5.27. The lowest BCUT2D eigenvalue weighted by Gasteiger charge is -2.16. The summed E-state index contributed by atoms with van der Waals surface area (Å²) in [6.07, 6.45) is 2.42. The molecule has 0 saturated heterocycles. The van der Waals surface area contributed by atoms with Crippen molar-refractivity contribution in [2.24, 2.45) is 0 Å². The van der Waals surface area contributed by atoms with Crippen molar-refractivity contribution in [3.05, 3.63) is 53.2 Å². The van der Waals surface area contributed by atoms with E-state index in [4.69, 9.17) is 26.2 Å². The van der Waals surface area contributed by atoms with Crippen molar-refractivity contribution >= 4 is 56.4 Å². The maximum Gasteiger partial charge on any atom is 0.341 e. The molecule has 0 radical (unpaired) electrons. The number of sulfonamides is 1. The summed E-state index contributed by atoms with van der Waals surface area (Å²) in [4.78, 5) is 19.3. The third-order valence-electron chi connectivity index (χ3n) is 4.40. The first-order valence-corrected chi connectivity index (χ1v) is 12.0. The van der Waals surface area contributed by atoms with Crippen LogP contribution >= 0.6 is 11.6 Å². The molecule has 0 saturated carbocycles. The number of ether oxygens (including phenoxy) is 2. The van der Waals surface area contributed by atoms with Gasteiger partial charge in [-0.05, 0) is 31.2 Å². The van der Waals surface area contributed by atoms with Crippen LogP contribution in [0, 0.1) is 6.92 Å². The predicted octanol–water partition coefficient (Wildman–Crippen LogP) is 3.77. The number of nitrogens with one attached hydrogen (secondary N) is 3. The topological polar surface area (TPSA) is 152 Å². The molecule has 13 heteroatoms. The van der Waals surface area contributed by atoms with E-state index < -0.39 is 22.6 Å². The molecule has 11 nitrogen and oxygen atoms in total. The second kappa shape index (κ2) is 10.4. The van der Waals surface area contributed by atoms with Gasteiger partial charge < -0.3 is 25.2 Å². The maximum atomic E-state index is 11.8. The largest absolute Gasteiger partial charge is 0.497 e. The molecule has 0 unspecified atom stereocenters. The van der Waals surface area contributed by atoms with Crippen LogP contribution in [0.1, 0.15) is 5.56 Å².